The predicted octanol–water partition coefficient (Wildman–Crippen LogP) is 4.92. The molecule has 2 aliphatic rings. The SMILES string of the molecule is COc1ccc2c(c1)CC(c1ccccc1)=C2c1ccc(OCCN2CCOCC2)cc1. The van der Waals surface area contributed by atoms with Crippen molar-refractivity contribution in [2.24, 2.45) is 0 Å². The fraction of sp³-hybridized carbons (Fsp3) is 0.286. The largest absolute Gasteiger partial charge is 0.497 e. The lowest BCUT2D eigenvalue weighted by Gasteiger charge is -2.26. The molecule has 0 spiro atoms. The lowest BCUT2D eigenvalue weighted by Crippen LogP contribution is -2.38. The summed E-state index contributed by atoms with van der Waals surface area (Å²) < 4.78 is 16.9. The van der Waals surface area contributed by atoms with Gasteiger partial charge in [0.25, 0.3) is 0 Å². The summed E-state index contributed by atoms with van der Waals surface area (Å²) in [5, 5.41) is 0. The first-order valence-corrected chi connectivity index (χ1v) is 11.3. The van der Waals surface area contributed by atoms with Crippen LogP contribution in [-0.2, 0) is 11.2 Å². The van der Waals surface area contributed by atoms with Gasteiger partial charge in [-0.05, 0) is 64.1 Å². The van der Waals surface area contributed by atoms with Gasteiger partial charge in [-0.1, -0.05) is 48.5 Å². The summed E-state index contributed by atoms with van der Waals surface area (Å²) in [6.07, 6.45) is 0.906. The van der Waals surface area contributed by atoms with Crippen molar-refractivity contribution in [3.8, 4) is 11.5 Å². The standard InChI is InChI=1S/C28H29NO3/c1-30-25-11-12-26-23(19-25)20-27(21-5-3-2-4-6-21)28(26)22-7-9-24(10-8-22)32-18-15-29-13-16-31-17-14-29/h2-12,19H,13-18,20H2,1H3. The second-order valence-corrected chi connectivity index (χ2v) is 8.25. The zero-order valence-electron chi connectivity index (χ0n) is 18.5. The first kappa shape index (κ1) is 20.8. The highest BCUT2D eigenvalue weighted by molar-refractivity contribution is 6.03. The van der Waals surface area contributed by atoms with Crippen molar-refractivity contribution in [2.75, 3.05) is 46.6 Å². The van der Waals surface area contributed by atoms with Gasteiger partial charge in [0.05, 0.1) is 20.3 Å². The molecule has 164 valence electrons. The molecular weight excluding hydrogens is 398 g/mol. The Morgan fingerprint density at radius 3 is 2.34 bits per heavy atom. The monoisotopic (exact) mass is 427 g/mol. The van der Waals surface area contributed by atoms with Crippen molar-refractivity contribution in [2.45, 2.75) is 6.42 Å². The molecule has 0 aromatic heterocycles. The molecule has 3 aromatic rings. The van der Waals surface area contributed by atoms with E-state index >= 15 is 0 Å². The summed E-state index contributed by atoms with van der Waals surface area (Å²) in [6.45, 7) is 5.25. The molecule has 1 aliphatic heterocycles. The molecule has 0 radical (unpaired) electrons. The number of nitrogens with zero attached hydrogens (tertiary/aromatic N) is 1. The first-order chi connectivity index (χ1) is 15.8. The van der Waals surface area contributed by atoms with E-state index in [4.69, 9.17) is 14.2 Å². The Morgan fingerprint density at radius 1 is 0.844 bits per heavy atom. The van der Waals surface area contributed by atoms with E-state index in [1.54, 1.807) is 7.11 Å². The Kier molecular flexibility index (Phi) is 6.24. The summed E-state index contributed by atoms with van der Waals surface area (Å²) in [4.78, 5) is 2.39. The van der Waals surface area contributed by atoms with E-state index in [-0.39, 0.29) is 0 Å². The molecule has 0 N–H and O–H groups in total. The van der Waals surface area contributed by atoms with Crippen LogP contribution in [0.2, 0.25) is 0 Å². The van der Waals surface area contributed by atoms with Crippen molar-refractivity contribution in [3.63, 3.8) is 0 Å². The maximum atomic E-state index is 6.02. The van der Waals surface area contributed by atoms with Gasteiger partial charge in [0.1, 0.15) is 18.1 Å². The van der Waals surface area contributed by atoms with Crippen LogP contribution in [0.25, 0.3) is 11.1 Å². The van der Waals surface area contributed by atoms with Gasteiger partial charge in [-0.15, -0.1) is 0 Å². The highest BCUT2D eigenvalue weighted by atomic mass is 16.5. The third-order valence-corrected chi connectivity index (χ3v) is 6.30. The van der Waals surface area contributed by atoms with Gasteiger partial charge < -0.3 is 14.2 Å². The predicted molar refractivity (Wildman–Crippen MR) is 128 cm³/mol. The Bertz CT molecular complexity index is 1080. The summed E-state index contributed by atoms with van der Waals surface area (Å²) in [5.74, 6) is 1.82. The van der Waals surface area contributed by atoms with Gasteiger partial charge in [0.15, 0.2) is 0 Å². The smallest absolute Gasteiger partial charge is 0.119 e. The van der Waals surface area contributed by atoms with Crippen LogP contribution in [-0.4, -0.2) is 51.5 Å². The summed E-state index contributed by atoms with van der Waals surface area (Å²) >= 11 is 0. The molecule has 0 unspecified atom stereocenters. The van der Waals surface area contributed by atoms with Gasteiger partial charge in [0.2, 0.25) is 0 Å². The molecule has 5 rings (SSSR count). The Morgan fingerprint density at radius 2 is 1.59 bits per heavy atom. The molecule has 4 nitrogen and oxygen atoms in total. The van der Waals surface area contributed by atoms with Crippen LogP contribution in [0, 0.1) is 0 Å². The molecule has 32 heavy (non-hydrogen) atoms. The molecule has 1 saturated heterocycles. The van der Waals surface area contributed by atoms with Crippen molar-refractivity contribution >= 4 is 11.1 Å². The number of rotatable bonds is 7. The van der Waals surface area contributed by atoms with Crippen LogP contribution in [0.4, 0.5) is 0 Å². The number of methoxy groups -OCH3 is 1. The molecule has 3 aromatic carbocycles. The van der Waals surface area contributed by atoms with E-state index in [1.165, 1.54) is 33.4 Å². The minimum Gasteiger partial charge on any atom is -0.497 e. The fourth-order valence-electron chi connectivity index (χ4n) is 4.58. The van der Waals surface area contributed by atoms with E-state index < -0.39 is 0 Å². The molecule has 0 atom stereocenters. The average molecular weight is 428 g/mol. The van der Waals surface area contributed by atoms with Gasteiger partial charge in [-0.3, -0.25) is 4.90 Å². The highest BCUT2D eigenvalue weighted by Crippen LogP contribution is 2.43. The summed E-state index contributed by atoms with van der Waals surface area (Å²) in [6, 6.07) is 25.6. The lowest BCUT2D eigenvalue weighted by atomic mass is 9.94. The van der Waals surface area contributed by atoms with Gasteiger partial charge in [-0.2, -0.15) is 0 Å². The maximum absolute atomic E-state index is 6.02. The fourth-order valence-corrected chi connectivity index (χ4v) is 4.58. The summed E-state index contributed by atoms with van der Waals surface area (Å²) in [5.41, 5.74) is 7.73. The molecule has 4 heteroatoms. The van der Waals surface area contributed by atoms with Gasteiger partial charge >= 0.3 is 0 Å². The minimum absolute atomic E-state index is 0.694. The van der Waals surface area contributed by atoms with Crippen LogP contribution < -0.4 is 9.47 Å². The quantitative estimate of drug-likeness (QED) is 0.535. The van der Waals surface area contributed by atoms with Gasteiger partial charge in [-0.25, -0.2) is 0 Å². The molecule has 1 fully saturated rings. The number of hydrogen-bond acceptors (Lipinski definition) is 4. The van der Waals surface area contributed by atoms with E-state index in [0.717, 1.165) is 50.8 Å². The second-order valence-electron chi connectivity index (χ2n) is 8.25. The van der Waals surface area contributed by atoms with Gasteiger partial charge in [0, 0.05) is 19.6 Å². The number of morpholine rings is 1. The second kappa shape index (κ2) is 9.60. The van der Waals surface area contributed by atoms with Crippen molar-refractivity contribution in [1.82, 2.24) is 4.90 Å². The Hall–Kier alpha value is -3.08. The molecular formula is C28H29NO3. The topological polar surface area (TPSA) is 30.9 Å². The third-order valence-electron chi connectivity index (χ3n) is 6.30. The molecule has 1 aliphatic carbocycles. The number of ether oxygens (including phenoxy) is 3. The lowest BCUT2D eigenvalue weighted by molar-refractivity contribution is 0.0322. The third kappa shape index (κ3) is 4.43. The maximum Gasteiger partial charge on any atom is 0.119 e. The highest BCUT2D eigenvalue weighted by Gasteiger charge is 2.24. The van der Waals surface area contributed by atoms with E-state index in [9.17, 15) is 0 Å². The van der Waals surface area contributed by atoms with Crippen molar-refractivity contribution in [1.29, 1.82) is 0 Å². The number of allylic oxidation sites excluding steroid dienone is 1. The van der Waals surface area contributed by atoms with Crippen molar-refractivity contribution < 1.29 is 14.2 Å². The number of fused-ring (bicyclic) bond motifs is 1. The van der Waals surface area contributed by atoms with Crippen molar-refractivity contribution in [3.05, 3.63) is 95.1 Å². The Labute approximate surface area is 190 Å². The number of benzene rings is 3. The minimum atomic E-state index is 0.694. The zero-order valence-corrected chi connectivity index (χ0v) is 18.5. The van der Waals surface area contributed by atoms with Crippen LogP contribution >= 0.6 is 0 Å². The zero-order chi connectivity index (χ0) is 21.8. The molecule has 0 amide bonds. The van der Waals surface area contributed by atoms with Crippen LogP contribution in [0.1, 0.15) is 22.3 Å². The average Bonchev–Trinajstić information content (AvgIpc) is 3.24. The molecule has 1 heterocycles. The number of hydrogen-bond donors (Lipinski definition) is 0. The normalized spacial score (nSPS) is 16.2. The van der Waals surface area contributed by atoms with Crippen LogP contribution in [0.5, 0.6) is 11.5 Å². The molecule has 0 saturated carbocycles. The molecule has 0 bridgehead atoms. The van der Waals surface area contributed by atoms with E-state index in [2.05, 4.69) is 77.7 Å². The first-order valence-electron chi connectivity index (χ1n) is 11.3. The van der Waals surface area contributed by atoms with E-state index in [0.29, 0.717) is 6.61 Å². The van der Waals surface area contributed by atoms with E-state index in [1.807, 2.05) is 0 Å². The Balaban J connectivity index is 1.38. The van der Waals surface area contributed by atoms with Crippen LogP contribution in [0.15, 0.2) is 72.8 Å². The van der Waals surface area contributed by atoms with Crippen LogP contribution in [0.3, 0.4) is 0 Å². The summed E-state index contributed by atoms with van der Waals surface area (Å²) in [7, 11) is 1.72.